The van der Waals surface area contributed by atoms with Crippen molar-refractivity contribution >= 4 is 26.9 Å². The fourth-order valence-corrected chi connectivity index (χ4v) is 4.24. The van der Waals surface area contributed by atoms with E-state index in [2.05, 4.69) is 27.8 Å². The average Bonchev–Trinajstić information content (AvgIpc) is 2.71. The van der Waals surface area contributed by atoms with Crippen LogP contribution in [0.3, 0.4) is 0 Å². The summed E-state index contributed by atoms with van der Waals surface area (Å²) in [6.07, 6.45) is -2.94. The van der Waals surface area contributed by atoms with Crippen LogP contribution in [0, 0.1) is 5.92 Å². The van der Waals surface area contributed by atoms with E-state index in [4.69, 9.17) is 4.42 Å². The highest BCUT2D eigenvalue weighted by molar-refractivity contribution is 9.10. The lowest BCUT2D eigenvalue weighted by Crippen LogP contribution is -2.32. The number of fused-ring (bicyclic) bond motifs is 1. The monoisotopic (exact) mass is 495 g/mol. The third kappa shape index (κ3) is 4.36. The highest BCUT2D eigenvalue weighted by atomic mass is 79.9. The molecular formula is C23H21BrF3NO3. The van der Waals surface area contributed by atoms with Gasteiger partial charge in [-0.3, -0.25) is 9.69 Å². The fraction of sp³-hybridized carbons (Fsp3) is 0.348. The molecule has 0 atom stereocenters. The predicted octanol–water partition coefficient (Wildman–Crippen LogP) is 6.18. The molecular weight excluding hydrogens is 475 g/mol. The summed E-state index contributed by atoms with van der Waals surface area (Å²) in [4.78, 5) is 15.3. The minimum atomic E-state index is -4.88. The van der Waals surface area contributed by atoms with Crippen molar-refractivity contribution in [3.63, 3.8) is 0 Å². The maximum absolute atomic E-state index is 13.9. The second-order valence-electron chi connectivity index (χ2n) is 8.04. The van der Waals surface area contributed by atoms with E-state index >= 15 is 0 Å². The van der Waals surface area contributed by atoms with Crippen LogP contribution in [0.2, 0.25) is 0 Å². The number of halogens is 4. The summed E-state index contributed by atoms with van der Waals surface area (Å²) in [5, 5.41) is 10.4. The van der Waals surface area contributed by atoms with Gasteiger partial charge < -0.3 is 9.52 Å². The van der Waals surface area contributed by atoms with Crippen LogP contribution >= 0.6 is 15.9 Å². The van der Waals surface area contributed by atoms with Crippen LogP contribution in [0.25, 0.3) is 22.1 Å². The summed E-state index contributed by atoms with van der Waals surface area (Å²) in [5.74, 6) is -0.953. The number of hydrogen-bond acceptors (Lipinski definition) is 4. The molecule has 0 aliphatic carbocycles. The third-order valence-electron chi connectivity index (χ3n) is 5.79. The van der Waals surface area contributed by atoms with Crippen molar-refractivity contribution in [1.29, 1.82) is 0 Å². The molecule has 2 aromatic carbocycles. The van der Waals surface area contributed by atoms with Gasteiger partial charge >= 0.3 is 6.18 Å². The van der Waals surface area contributed by atoms with Gasteiger partial charge in [0.25, 0.3) is 0 Å². The maximum atomic E-state index is 13.9. The molecule has 4 rings (SSSR count). The van der Waals surface area contributed by atoms with Crippen molar-refractivity contribution in [3.05, 3.63) is 62.4 Å². The first kappa shape index (κ1) is 21.9. The van der Waals surface area contributed by atoms with Crippen LogP contribution < -0.4 is 5.43 Å². The molecule has 0 spiro atoms. The molecule has 164 valence electrons. The zero-order chi connectivity index (χ0) is 22.3. The van der Waals surface area contributed by atoms with Gasteiger partial charge in [-0.25, -0.2) is 0 Å². The summed E-state index contributed by atoms with van der Waals surface area (Å²) in [6, 6.07) is 8.68. The quantitative estimate of drug-likeness (QED) is 0.471. The molecule has 4 nitrogen and oxygen atoms in total. The number of phenolic OH excluding ortho intramolecular Hbond substituents is 1. The van der Waals surface area contributed by atoms with Gasteiger partial charge in [-0.15, -0.1) is 0 Å². The number of alkyl halides is 3. The largest absolute Gasteiger partial charge is 0.507 e. The number of likely N-dealkylation sites (tertiary alicyclic amines) is 1. The number of phenols is 1. The molecule has 1 saturated heterocycles. The Morgan fingerprint density at radius 2 is 1.77 bits per heavy atom. The second kappa shape index (κ2) is 8.31. The lowest BCUT2D eigenvalue weighted by Gasteiger charge is -2.30. The van der Waals surface area contributed by atoms with Gasteiger partial charge in [-0.05, 0) is 61.7 Å². The predicted molar refractivity (Wildman–Crippen MR) is 116 cm³/mol. The molecule has 0 saturated carbocycles. The van der Waals surface area contributed by atoms with Gasteiger partial charge in [0.15, 0.2) is 0 Å². The Kier molecular flexibility index (Phi) is 5.87. The fourth-order valence-electron chi connectivity index (χ4n) is 3.98. The first-order chi connectivity index (χ1) is 14.6. The Balaban J connectivity index is 1.92. The Morgan fingerprint density at radius 3 is 2.39 bits per heavy atom. The third-order valence-corrected chi connectivity index (χ3v) is 6.32. The van der Waals surface area contributed by atoms with Crippen molar-refractivity contribution < 1.29 is 22.7 Å². The number of benzene rings is 2. The Morgan fingerprint density at radius 1 is 1.13 bits per heavy atom. The van der Waals surface area contributed by atoms with Gasteiger partial charge in [0.05, 0.1) is 16.5 Å². The average molecular weight is 496 g/mol. The Bertz CT molecular complexity index is 1160. The van der Waals surface area contributed by atoms with E-state index in [0.717, 1.165) is 25.9 Å². The molecule has 0 unspecified atom stereocenters. The number of hydrogen-bond donors (Lipinski definition) is 1. The summed E-state index contributed by atoms with van der Waals surface area (Å²) in [5.41, 5.74) is -1.19. The normalized spacial score (nSPS) is 16.2. The zero-order valence-corrected chi connectivity index (χ0v) is 18.4. The minimum Gasteiger partial charge on any atom is -0.507 e. The molecule has 31 heavy (non-hydrogen) atoms. The van der Waals surface area contributed by atoms with E-state index in [1.54, 1.807) is 12.1 Å². The molecule has 2 heterocycles. The molecule has 1 fully saturated rings. The minimum absolute atomic E-state index is 0.0177. The molecule has 1 aliphatic heterocycles. The molecule has 0 bridgehead atoms. The Labute approximate surface area is 185 Å². The smallest absolute Gasteiger partial charge is 0.450 e. The second-order valence-corrected chi connectivity index (χ2v) is 8.95. The van der Waals surface area contributed by atoms with E-state index in [-0.39, 0.29) is 34.4 Å². The van der Waals surface area contributed by atoms with E-state index < -0.39 is 22.9 Å². The van der Waals surface area contributed by atoms with Crippen molar-refractivity contribution in [2.45, 2.75) is 32.5 Å². The van der Waals surface area contributed by atoms with Crippen molar-refractivity contribution in [1.82, 2.24) is 4.90 Å². The number of rotatable bonds is 3. The summed E-state index contributed by atoms with van der Waals surface area (Å²) in [6.45, 7) is 3.91. The van der Waals surface area contributed by atoms with Crippen LogP contribution in [-0.4, -0.2) is 23.1 Å². The number of piperidine rings is 1. The van der Waals surface area contributed by atoms with E-state index in [1.807, 2.05) is 0 Å². The van der Waals surface area contributed by atoms with Gasteiger partial charge in [0.2, 0.25) is 11.2 Å². The van der Waals surface area contributed by atoms with E-state index in [0.29, 0.717) is 10.4 Å². The number of nitrogens with zero attached hydrogens (tertiary/aromatic N) is 1. The van der Waals surface area contributed by atoms with E-state index in [9.17, 15) is 23.1 Å². The standard InChI is InChI=1S/C23H21BrF3NO3/c1-13-8-10-28(11-9-13)12-17-18(29)7-6-16-20(30)19(14-2-4-15(24)5-3-14)22(23(25,26)27)31-21(16)17/h2-7,13,29H,8-12H2,1H3. The van der Waals surface area contributed by atoms with Gasteiger partial charge in [0.1, 0.15) is 11.3 Å². The summed E-state index contributed by atoms with van der Waals surface area (Å²) < 4.78 is 47.9. The van der Waals surface area contributed by atoms with E-state index in [1.165, 1.54) is 24.3 Å². The Hall–Kier alpha value is -2.32. The molecule has 0 radical (unpaired) electrons. The van der Waals surface area contributed by atoms with Crippen LogP contribution in [0.4, 0.5) is 13.2 Å². The molecule has 1 N–H and O–H groups in total. The molecule has 1 aromatic heterocycles. The topological polar surface area (TPSA) is 53.7 Å². The highest BCUT2D eigenvalue weighted by Crippen LogP contribution is 2.39. The first-order valence-corrected chi connectivity index (χ1v) is 10.8. The maximum Gasteiger partial charge on any atom is 0.450 e. The molecule has 0 amide bonds. The molecule has 1 aliphatic rings. The van der Waals surface area contributed by atoms with Gasteiger partial charge in [0, 0.05) is 11.0 Å². The highest BCUT2D eigenvalue weighted by Gasteiger charge is 2.40. The molecule has 8 heteroatoms. The summed E-state index contributed by atoms with van der Waals surface area (Å²) in [7, 11) is 0. The van der Waals surface area contributed by atoms with Crippen molar-refractivity contribution in [3.8, 4) is 16.9 Å². The van der Waals surface area contributed by atoms with Crippen LogP contribution in [0.1, 0.15) is 31.1 Å². The van der Waals surface area contributed by atoms with Gasteiger partial charge in [-0.2, -0.15) is 13.2 Å². The zero-order valence-electron chi connectivity index (χ0n) is 16.8. The SMILES string of the molecule is CC1CCN(Cc2c(O)ccc3c(=O)c(-c4ccc(Br)cc4)c(C(F)(F)F)oc23)CC1. The van der Waals surface area contributed by atoms with Crippen LogP contribution in [0.15, 0.2) is 50.1 Å². The van der Waals surface area contributed by atoms with Crippen LogP contribution in [-0.2, 0) is 12.7 Å². The first-order valence-electron chi connectivity index (χ1n) is 10.0. The van der Waals surface area contributed by atoms with Crippen molar-refractivity contribution in [2.75, 3.05) is 13.1 Å². The van der Waals surface area contributed by atoms with Crippen LogP contribution in [0.5, 0.6) is 5.75 Å². The van der Waals surface area contributed by atoms with Gasteiger partial charge in [-0.1, -0.05) is 35.0 Å². The summed E-state index contributed by atoms with van der Waals surface area (Å²) >= 11 is 3.25. The van der Waals surface area contributed by atoms with Crippen molar-refractivity contribution in [2.24, 2.45) is 5.92 Å². The number of aromatic hydroxyl groups is 1. The lowest BCUT2D eigenvalue weighted by molar-refractivity contribution is -0.152. The molecule has 3 aromatic rings. The lowest BCUT2D eigenvalue weighted by atomic mass is 9.97.